The van der Waals surface area contributed by atoms with Gasteiger partial charge in [-0.3, -0.25) is 4.40 Å². The number of halogens is 1. The molecule has 4 aromatic rings. The molecule has 0 atom stereocenters. The Morgan fingerprint density at radius 1 is 1.00 bits per heavy atom. The molecule has 3 heterocycles. The molecular weight excluding hydrogens is 338 g/mol. The molecular formula is C19H16ClN3S. The molecule has 3 nitrogen and oxygen atoms in total. The summed E-state index contributed by atoms with van der Waals surface area (Å²) >= 11 is 7.67. The Morgan fingerprint density at radius 2 is 1.79 bits per heavy atom. The van der Waals surface area contributed by atoms with E-state index >= 15 is 0 Å². The van der Waals surface area contributed by atoms with Crippen molar-refractivity contribution in [3.05, 3.63) is 70.2 Å². The summed E-state index contributed by atoms with van der Waals surface area (Å²) in [6, 6.07) is 16.2. The molecule has 120 valence electrons. The highest BCUT2D eigenvalue weighted by atomic mass is 35.5. The molecule has 0 saturated heterocycles. The number of pyridine rings is 1. The van der Waals surface area contributed by atoms with E-state index < -0.39 is 0 Å². The first kappa shape index (κ1) is 15.2. The van der Waals surface area contributed by atoms with Crippen molar-refractivity contribution in [2.45, 2.75) is 13.8 Å². The van der Waals surface area contributed by atoms with Crippen LogP contribution in [0.3, 0.4) is 0 Å². The number of rotatable bonds is 3. The maximum Gasteiger partial charge on any atom is 0.144 e. The summed E-state index contributed by atoms with van der Waals surface area (Å²) in [7, 11) is 0. The largest absolute Gasteiger partial charge is 0.339 e. The van der Waals surface area contributed by atoms with Crippen molar-refractivity contribution in [3.63, 3.8) is 0 Å². The number of aryl methyl sites for hydroxylation is 2. The first-order chi connectivity index (χ1) is 11.6. The number of thiophene rings is 1. The smallest absolute Gasteiger partial charge is 0.144 e. The zero-order valence-electron chi connectivity index (χ0n) is 13.4. The lowest BCUT2D eigenvalue weighted by Crippen LogP contribution is -2.00. The Hall–Kier alpha value is -2.30. The van der Waals surface area contributed by atoms with Crippen LogP contribution in [-0.4, -0.2) is 9.38 Å². The number of fused-ring (bicyclic) bond motifs is 1. The Kier molecular flexibility index (Phi) is 3.79. The van der Waals surface area contributed by atoms with Gasteiger partial charge in [-0.1, -0.05) is 35.9 Å². The average Bonchev–Trinajstić information content (AvgIpc) is 3.15. The quantitative estimate of drug-likeness (QED) is 0.483. The second-order valence-electron chi connectivity index (χ2n) is 5.73. The number of para-hydroxylation sites is 1. The van der Waals surface area contributed by atoms with Gasteiger partial charge in [-0.2, -0.15) is 0 Å². The van der Waals surface area contributed by atoms with Crippen LogP contribution in [0.5, 0.6) is 0 Å². The molecule has 0 saturated carbocycles. The topological polar surface area (TPSA) is 29.3 Å². The van der Waals surface area contributed by atoms with Crippen LogP contribution < -0.4 is 5.32 Å². The minimum atomic E-state index is 0.764. The fourth-order valence-electron chi connectivity index (χ4n) is 2.86. The number of anilines is 2. The summed E-state index contributed by atoms with van der Waals surface area (Å²) in [4.78, 5) is 5.86. The predicted molar refractivity (Wildman–Crippen MR) is 103 cm³/mol. The van der Waals surface area contributed by atoms with Crippen molar-refractivity contribution in [2.24, 2.45) is 0 Å². The van der Waals surface area contributed by atoms with Crippen LogP contribution in [0.2, 0.25) is 4.34 Å². The highest BCUT2D eigenvalue weighted by Crippen LogP contribution is 2.37. The molecule has 4 rings (SSSR count). The van der Waals surface area contributed by atoms with Gasteiger partial charge in [0.2, 0.25) is 0 Å². The number of benzene rings is 1. The number of nitrogens with zero attached hydrogens (tertiary/aromatic N) is 2. The lowest BCUT2D eigenvalue weighted by molar-refractivity contribution is 1.18. The van der Waals surface area contributed by atoms with E-state index in [0.717, 1.165) is 32.1 Å². The third-order valence-electron chi connectivity index (χ3n) is 4.06. The second kappa shape index (κ2) is 5.96. The van der Waals surface area contributed by atoms with Crippen LogP contribution in [0.1, 0.15) is 11.1 Å². The number of imidazole rings is 1. The van der Waals surface area contributed by atoms with Crippen LogP contribution in [-0.2, 0) is 0 Å². The van der Waals surface area contributed by atoms with Gasteiger partial charge >= 0.3 is 0 Å². The fraction of sp³-hybridized carbons (Fsp3) is 0.105. The van der Waals surface area contributed by atoms with Crippen LogP contribution >= 0.6 is 22.9 Å². The van der Waals surface area contributed by atoms with Gasteiger partial charge in [0.05, 0.1) is 9.21 Å². The number of nitrogens with one attached hydrogen (secondary N) is 1. The van der Waals surface area contributed by atoms with Gasteiger partial charge in [0.1, 0.15) is 17.2 Å². The standard InChI is InChI=1S/C19H16ClN3S/c1-12-6-5-7-13(2)17(12)22-19-18(14-9-10-15(20)24-14)21-16-8-3-4-11-23(16)19/h3-11,22H,1-2H3. The van der Waals surface area contributed by atoms with E-state index in [4.69, 9.17) is 16.6 Å². The Labute approximate surface area is 149 Å². The molecule has 0 amide bonds. The molecule has 1 aromatic carbocycles. The van der Waals surface area contributed by atoms with E-state index in [2.05, 4.69) is 41.8 Å². The molecule has 0 radical (unpaired) electrons. The maximum atomic E-state index is 6.14. The summed E-state index contributed by atoms with van der Waals surface area (Å²) in [6.07, 6.45) is 2.02. The summed E-state index contributed by atoms with van der Waals surface area (Å²) in [5.74, 6) is 0.960. The number of hydrogen-bond acceptors (Lipinski definition) is 3. The molecule has 1 N–H and O–H groups in total. The molecule has 0 bridgehead atoms. The molecule has 0 aliphatic rings. The second-order valence-corrected chi connectivity index (χ2v) is 7.45. The molecule has 5 heteroatoms. The third-order valence-corrected chi connectivity index (χ3v) is 5.30. The van der Waals surface area contributed by atoms with E-state index in [1.165, 1.54) is 22.5 Å². The minimum absolute atomic E-state index is 0.764. The Bertz CT molecular complexity index is 1010. The highest BCUT2D eigenvalue weighted by Gasteiger charge is 2.17. The van der Waals surface area contributed by atoms with Gasteiger partial charge in [-0.15, -0.1) is 11.3 Å². The molecule has 24 heavy (non-hydrogen) atoms. The van der Waals surface area contributed by atoms with Gasteiger partial charge in [0.15, 0.2) is 0 Å². The fourth-order valence-corrected chi connectivity index (χ4v) is 3.89. The van der Waals surface area contributed by atoms with E-state index in [0.29, 0.717) is 0 Å². The lowest BCUT2D eigenvalue weighted by Gasteiger charge is -2.13. The molecule has 0 spiro atoms. The third kappa shape index (κ3) is 2.58. The van der Waals surface area contributed by atoms with Gasteiger partial charge in [0.25, 0.3) is 0 Å². The van der Waals surface area contributed by atoms with Crippen molar-refractivity contribution in [3.8, 4) is 10.6 Å². The van der Waals surface area contributed by atoms with Gasteiger partial charge in [-0.05, 0) is 49.2 Å². The first-order valence-corrected chi connectivity index (χ1v) is 8.89. The Balaban J connectivity index is 1.93. The Morgan fingerprint density at radius 3 is 2.50 bits per heavy atom. The molecule has 0 fully saturated rings. The van der Waals surface area contributed by atoms with Crippen molar-refractivity contribution in [1.29, 1.82) is 0 Å². The van der Waals surface area contributed by atoms with E-state index in [1.54, 1.807) is 0 Å². The van der Waals surface area contributed by atoms with Crippen molar-refractivity contribution < 1.29 is 0 Å². The molecule has 0 unspecified atom stereocenters. The highest BCUT2D eigenvalue weighted by molar-refractivity contribution is 7.19. The normalized spacial score (nSPS) is 11.1. The van der Waals surface area contributed by atoms with E-state index in [9.17, 15) is 0 Å². The monoisotopic (exact) mass is 353 g/mol. The zero-order valence-corrected chi connectivity index (χ0v) is 14.9. The van der Waals surface area contributed by atoms with Gasteiger partial charge in [-0.25, -0.2) is 4.98 Å². The van der Waals surface area contributed by atoms with Crippen molar-refractivity contribution >= 4 is 40.1 Å². The summed E-state index contributed by atoms with van der Waals surface area (Å²) in [5.41, 5.74) is 5.35. The zero-order chi connectivity index (χ0) is 16.7. The van der Waals surface area contributed by atoms with Crippen molar-refractivity contribution in [2.75, 3.05) is 5.32 Å². The van der Waals surface area contributed by atoms with Crippen LogP contribution in [0.25, 0.3) is 16.2 Å². The number of aromatic nitrogens is 2. The van der Waals surface area contributed by atoms with Gasteiger partial charge < -0.3 is 5.32 Å². The van der Waals surface area contributed by atoms with Crippen molar-refractivity contribution in [1.82, 2.24) is 9.38 Å². The lowest BCUT2D eigenvalue weighted by atomic mass is 10.1. The van der Waals surface area contributed by atoms with E-state index in [-0.39, 0.29) is 0 Å². The number of hydrogen-bond donors (Lipinski definition) is 1. The minimum Gasteiger partial charge on any atom is -0.339 e. The molecule has 3 aromatic heterocycles. The SMILES string of the molecule is Cc1cccc(C)c1Nc1c(-c2ccc(Cl)s2)nc2ccccn12. The van der Waals surface area contributed by atoms with Gasteiger partial charge in [0, 0.05) is 11.9 Å². The molecule has 0 aliphatic carbocycles. The summed E-state index contributed by atoms with van der Waals surface area (Å²) < 4.78 is 2.84. The summed E-state index contributed by atoms with van der Waals surface area (Å²) in [6.45, 7) is 4.22. The van der Waals surface area contributed by atoms with Crippen LogP contribution in [0, 0.1) is 13.8 Å². The maximum absolute atomic E-state index is 6.14. The predicted octanol–water partition coefficient (Wildman–Crippen LogP) is 6.08. The average molecular weight is 354 g/mol. The molecule has 0 aliphatic heterocycles. The van der Waals surface area contributed by atoms with Crippen LogP contribution in [0.4, 0.5) is 11.5 Å². The summed E-state index contributed by atoms with van der Waals surface area (Å²) in [5, 5.41) is 3.60. The van der Waals surface area contributed by atoms with Crippen LogP contribution in [0.15, 0.2) is 54.7 Å². The first-order valence-electron chi connectivity index (χ1n) is 7.69. The van der Waals surface area contributed by atoms with E-state index in [1.807, 2.05) is 36.5 Å².